The van der Waals surface area contributed by atoms with Gasteiger partial charge in [-0.25, -0.2) is 0 Å². The molecule has 0 N–H and O–H groups in total. The molecule has 0 aliphatic carbocycles. The first-order valence-electron chi connectivity index (χ1n) is 5.16. The molecule has 13 heavy (non-hydrogen) atoms. The molecule has 0 radical (unpaired) electrons. The third kappa shape index (κ3) is 3.85. The van der Waals surface area contributed by atoms with Gasteiger partial charge in [-0.15, -0.1) is 0 Å². The molecule has 3 nitrogen and oxygen atoms in total. The SMILES string of the molecule is CC(C)CCC1CC(N=O)CCO1. The van der Waals surface area contributed by atoms with Gasteiger partial charge in [0.2, 0.25) is 0 Å². The molecule has 1 aliphatic rings. The van der Waals surface area contributed by atoms with Gasteiger partial charge >= 0.3 is 0 Å². The predicted molar refractivity (Wildman–Crippen MR) is 52.6 cm³/mol. The molecule has 0 aromatic heterocycles. The lowest BCUT2D eigenvalue weighted by Crippen LogP contribution is -2.27. The van der Waals surface area contributed by atoms with E-state index in [1.54, 1.807) is 0 Å². The Hall–Kier alpha value is -0.440. The van der Waals surface area contributed by atoms with Gasteiger partial charge in [0.25, 0.3) is 0 Å². The summed E-state index contributed by atoms with van der Waals surface area (Å²) in [7, 11) is 0. The molecule has 2 unspecified atom stereocenters. The summed E-state index contributed by atoms with van der Waals surface area (Å²) in [6, 6.07) is 0.00547. The maximum absolute atomic E-state index is 10.3. The minimum absolute atomic E-state index is 0.00547. The fraction of sp³-hybridized carbons (Fsp3) is 1.00. The van der Waals surface area contributed by atoms with E-state index >= 15 is 0 Å². The van der Waals surface area contributed by atoms with Crippen molar-refractivity contribution < 1.29 is 4.74 Å². The second-order valence-electron chi connectivity index (χ2n) is 4.25. The summed E-state index contributed by atoms with van der Waals surface area (Å²) >= 11 is 0. The van der Waals surface area contributed by atoms with E-state index in [0.29, 0.717) is 12.5 Å². The van der Waals surface area contributed by atoms with Crippen LogP contribution in [-0.4, -0.2) is 18.8 Å². The number of rotatable bonds is 4. The van der Waals surface area contributed by atoms with Gasteiger partial charge in [-0.05, 0) is 31.6 Å². The van der Waals surface area contributed by atoms with E-state index in [1.807, 2.05) is 0 Å². The normalized spacial score (nSPS) is 29.2. The van der Waals surface area contributed by atoms with Crippen molar-refractivity contribution in [1.29, 1.82) is 0 Å². The molecule has 0 spiro atoms. The van der Waals surface area contributed by atoms with Crippen LogP contribution in [-0.2, 0) is 4.74 Å². The minimum Gasteiger partial charge on any atom is -0.378 e. The summed E-state index contributed by atoms with van der Waals surface area (Å²) < 4.78 is 5.56. The molecule has 76 valence electrons. The number of ether oxygens (including phenoxy) is 1. The van der Waals surface area contributed by atoms with Crippen LogP contribution in [0, 0.1) is 10.8 Å². The van der Waals surface area contributed by atoms with E-state index in [4.69, 9.17) is 4.74 Å². The monoisotopic (exact) mass is 185 g/mol. The predicted octanol–water partition coefficient (Wildman–Crippen LogP) is 2.74. The summed E-state index contributed by atoms with van der Waals surface area (Å²) in [5.41, 5.74) is 0. The van der Waals surface area contributed by atoms with Gasteiger partial charge < -0.3 is 4.74 Å². The summed E-state index contributed by atoms with van der Waals surface area (Å²) in [5, 5.41) is 3.09. The zero-order valence-corrected chi connectivity index (χ0v) is 8.53. The standard InChI is InChI=1S/C10H19NO2/c1-8(2)3-4-10-7-9(11-12)5-6-13-10/h8-10H,3-7H2,1-2H3. The van der Waals surface area contributed by atoms with E-state index in [2.05, 4.69) is 19.0 Å². The van der Waals surface area contributed by atoms with E-state index in [-0.39, 0.29) is 12.1 Å². The lowest BCUT2D eigenvalue weighted by atomic mass is 9.97. The molecule has 2 atom stereocenters. The van der Waals surface area contributed by atoms with E-state index in [9.17, 15) is 4.91 Å². The maximum Gasteiger partial charge on any atom is 0.0966 e. The van der Waals surface area contributed by atoms with Gasteiger partial charge in [-0.3, -0.25) is 0 Å². The minimum atomic E-state index is 0.00547. The Morgan fingerprint density at radius 1 is 1.54 bits per heavy atom. The quantitative estimate of drug-likeness (QED) is 0.632. The van der Waals surface area contributed by atoms with Crippen molar-refractivity contribution in [2.24, 2.45) is 11.1 Å². The zero-order chi connectivity index (χ0) is 9.68. The third-order valence-electron chi connectivity index (χ3n) is 2.55. The van der Waals surface area contributed by atoms with E-state index < -0.39 is 0 Å². The van der Waals surface area contributed by atoms with Crippen LogP contribution in [0.5, 0.6) is 0 Å². The van der Waals surface area contributed by atoms with Gasteiger partial charge in [0, 0.05) is 6.61 Å². The van der Waals surface area contributed by atoms with Crippen LogP contribution in [0.2, 0.25) is 0 Å². The van der Waals surface area contributed by atoms with E-state index in [0.717, 1.165) is 19.3 Å². The van der Waals surface area contributed by atoms with Gasteiger partial charge in [0.1, 0.15) is 0 Å². The molecular formula is C10H19NO2. The second kappa shape index (κ2) is 5.32. The Balaban J connectivity index is 2.21. The molecule has 1 rings (SSSR count). The lowest BCUT2D eigenvalue weighted by Gasteiger charge is -2.26. The highest BCUT2D eigenvalue weighted by atomic mass is 16.5. The first-order chi connectivity index (χ1) is 6.22. The molecule has 1 fully saturated rings. The van der Waals surface area contributed by atoms with Gasteiger partial charge in [0.05, 0.1) is 12.1 Å². The Kier molecular flexibility index (Phi) is 4.36. The maximum atomic E-state index is 10.3. The van der Waals surface area contributed by atoms with Crippen LogP contribution in [0.25, 0.3) is 0 Å². The van der Waals surface area contributed by atoms with Crippen LogP contribution in [0.4, 0.5) is 0 Å². The average Bonchev–Trinajstić information content (AvgIpc) is 2.15. The van der Waals surface area contributed by atoms with Crippen molar-refractivity contribution >= 4 is 0 Å². The van der Waals surface area contributed by atoms with Gasteiger partial charge in [-0.2, -0.15) is 4.91 Å². The van der Waals surface area contributed by atoms with Crippen molar-refractivity contribution in [2.45, 2.75) is 51.7 Å². The lowest BCUT2D eigenvalue weighted by molar-refractivity contribution is 0.000665. The molecule has 0 aromatic carbocycles. The summed E-state index contributed by atoms with van der Waals surface area (Å²) in [6.07, 6.45) is 4.16. The molecule has 1 heterocycles. The number of hydrogen-bond donors (Lipinski definition) is 0. The van der Waals surface area contributed by atoms with Crippen LogP contribution >= 0.6 is 0 Å². The molecule has 1 aliphatic heterocycles. The zero-order valence-electron chi connectivity index (χ0n) is 8.53. The summed E-state index contributed by atoms with van der Waals surface area (Å²) in [5.74, 6) is 0.716. The van der Waals surface area contributed by atoms with Crippen LogP contribution in [0.1, 0.15) is 39.5 Å². The highest BCUT2D eigenvalue weighted by molar-refractivity contribution is 4.76. The molecule has 0 amide bonds. The molecule has 3 heteroatoms. The topological polar surface area (TPSA) is 38.7 Å². The fourth-order valence-corrected chi connectivity index (χ4v) is 1.68. The smallest absolute Gasteiger partial charge is 0.0966 e. The Bertz CT molecular complexity index is 159. The van der Waals surface area contributed by atoms with Crippen molar-refractivity contribution in [3.63, 3.8) is 0 Å². The van der Waals surface area contributed by atoms with Crippen molar-refractivity contribution in [3.05, 3.63) is 4.91 Å². The Morgan fingerprint density at radius 3 is 2.92 bits per heavy atom. The molecular weight excluding hydrogens is 166 g/mol. The first kappa shape index (κ1) is 10.6. The highest BCUT2D eigenvalue weighted by Crippen LogP contribution is 2.21. The fourth-order valence-electron chi connectivity index (χ4n) is 1.68. The van der Waals surface area contributed by atoms with Crippen LogP contribution in [0.15, 0.2) is 5.18 Å². The number of nitrogens with zero attached hydrogens (tertiary/aromatic N) is 1. The molecule has 0 aromatic rings. The molecule has 0 bridgehead atoms. The van der Waals surface area contributed by atoms with Crippen LogP contribution in [0.3, 0.4) is 0 Å². The van der Waals surface area contributed by atoms with Crippen LogP contribution < -0.4 is 0 Å². The third-order valence-corrected chi connectivity index (χ3v) is 2.55. The second-order valence-corrected chi connectivity index (χ2v) is 4.25. The average molecular weight is 185 g/mol. The molecule has 1 saturated heterocycles. The summed E-state index contributed by atoms with van der Waals surface area (Å²) in [4.78, 5) is 10.3. The van der Waals surface area contributed by atoms with E-state index in [1.165, 1.54) is 6.42 Å². The Labute approximate surface area is 79.8 Å². The number of nitroso groups, excluding NO2 is 1. The van der Waals surface area contributed by atoms with Gasteiger partial charge in [0.15, 0.2) is 0 Å². The largest absolute Gasteiger partial charge is 0.378 e. The van der Waals surface area contributed by atoms with Crippen molar-refractivity contribution in [3.8, 4) is 0 Å². The van der Waals surface area contributed by atoms with Gasteiger partial charge in [-0.1, -0.05) is 19.0 Å². The number of hydrogen-bond acceptors (Lipinski definition) is 3. The summed E-state index contributed by atoms with van der Waals surface area (Å²) in [6.45, 7) is 5.12. The molecule has 0 saturated carbocycles. The van der Waals surface area contributed by atoms with Crippen molar-refractivity contribution in [2.75, 3.05) is 6.61 Å². The Morgan fingerprint density at radius 2 is 2.31 bits per heavy atom. The first-order valence-corrected chi connectivity index (χ1v) is 5.16. The highest BCUT2D eigenvalue weighted by Gasteiger charge is 2.22. The van der Waals surface area contributed by atoms with Crippen molar-refractivity contribution in [1.82, 2.24) is 0 Å².